The monoisotopic (exact) mass is 599 g/mol. The number of benzene rings is 2. The van der Waals surface area contributed by atoms with Crippen molar-refractivity contribution in [3.8, 4) is 17.2 Å². The van der Waals surface area contributed by atoms with Crippen LogP contribution in [-0.2, 0) is 22.7 Å². The van der Waals surface area contributed by atoms with Crippen LogP contribution in [0.3, 0.4) is 0 Å². The number of likely N-dealkylation sites (tertiary alicyclic amines) is 1. The lowest BCUT2D eigenvalue weighted by Crippen LogP contribution is -2.56. The van der Waals surface area contributed by atoms with Gasteiger partial charge in [0.25, 0.3) is 5.91 Å². The molecule has 4 bridgehead atoms. The zero-order valence-corrected chi connectivity index (χ0v) is 25.2. The van der Waals surface area contributed by atoms with Crippen LogP contribution >= 0.6 is 0 Å². The smallest absolute Gasteiger partial charge is 0.254 e. The van der Waals surface area contributed by atoms with Gasteiger partial charge >= 0.3 is 0 Å². The number of rotatable bonds is 5. The van der Waals surface area contributed by atoms with Crippen molar-refractivity contribution in [2.75, 3.05) is 33.3 Å². The maximum Gasteiger partial charge on any atom is 0.254 e. The van der Waals surface area contributed by atoms with E-state index in [0.717, 1.165) is 5.56 Å². The summed E-state index contributed by atoms with van der Waals surface area (Å²) < 4.78 is 24.5. The lowest BCUT2D eigenvalue weighted by atomic mass is 10.0. The number of hydrogen-bond acceptors (Lipinski definition) is 9. The summed E-state index contributed by atoms with van der Waals surface area (Å²) in [6.45, 7) is 6.60. The quantitative estimate of drug-likeness (QED) is 0.356. The fourth-order valence-corrected chi connectivity index (χ4v) is 5.43. The molecule has 2 atom stereocenters. The zero-order valence-electron chi connectivity index (χ0n) is 25.2. The van der Waals surface area contributed by atoms with Gasteiger partial charge in [-0.15, -0.1) is 0 Å². The van der Waals surface area contributed by atoms with E-state index in [1.54, 1.807) is 31.4 Å². The molecule has 0 aliphatic carbocycles. The molecule has 2 aliphatic heterocycles. The van der Waals surface area contributed by atoms with E-state index in [0.29, 0.717) is 85.1 Å². The summed E-state index contributed by atoms with van der Waals surface area (Å²) in [5, 5.41) is 3.13. The summed E-state index contributed by atoms with van der Waals surface area (Å²) in [4.78, 5) is 39.1. The van der Waals surface area contributed by atoms with Crippen LogP contribution in [0.25, 0.3) is 11.2 Å². The molecule has 0 saturated carbocycles. The van der Waals surface area contributed by atoms with Crippen molar-refractivity contribution in [3.63, 3.8) is 0 Å². The van der Waals surface area contributed by atoms with Crippen molar-refractivity contribution in [2.24, 2.45) is 5.92 Å². The maximum atomic E-state index is 13.5. The van der Waals surface area contributed by atoms with Crippen LogP contribution < -0.4 is 14.8 Å². The molecular weight excluding hydrogens is 562 g/mol. The number of hydrogen-bond donors (Lipinski definition) is 1. The molecule has 11 nitrogen and oxygen atoms in total. The lowest BCUT2D eigenvalue weighted by Gasteiger charge is -2.38. The first-order chi connectivity index (χ1) is 21.3. The first kappa shape index (κ1) is 29.6. The third-order valence-electron chi connectivity index (χ3n) is 7.59. The summed E-state index contributed by atoms with van der Waals surface area (Å²) in [5.74, 6) is 1.94. The number of piperidine rings is 1. The summed E-state index contributed by atoms with van der Waals surface area (Å²) >= 11 is 0. The van der Waals surface area contributed by atoms with E-state index >= 15 is 0 Å². The second-order valence-electron chi connectivity index (χ2n) is 11.8. The highest BCUT2D eigenvalue weighted by atomic mass is 16.5. The lowest BCUT2D eigenvalue weighted by molar-refractivity contribution is -0.125. The van der Waals surface area contributed by atoms with Gasteiger partial charge in [-0.05, 0) is 54.3 Å². The second kappa shape index (κ2) is 13.0. The fraction of sp³-hybridized carbons (Fsp3) is 0.394. The standard InChI is InChI=1S/C33H37N5O6/c1-21(2)19-41-25-13-23-14-26(15-25)43-24-7-4-6-22(12-24)20-42-29-16-38(18-31-36-32-28(44-31)8-5-10-34-32)11-9-27(29)35-30(39)17-37(3)33(23)40/h4-8,10,12-15,21,27,29H,9,11,16-20H2,1-3H3,(H,35,39)/t27-,29-/m0/s1. The SMILES string of the molecule is CC(C)COc1cc2cc(c1)C(=O)N(C)CC(=O)N[C@H]1CCN(Cc3nc4ncccc4o3)C[C@@H]1OCc1cccc(c1)O2. The van der Waals surface area contributed by atoms with E-state index in [-0.39, 0.29) is 30.5 Å². The van der Waals surface area contributed by atoms with Crippen molar-refractivity contribution in [3.05, 3.63) is 77.8 Å². The number of ether oxygens (including phenoxy) is 3. The Morgan fingerprint density at radius 2 is 1.98 bits per heavy atom. The molecule has 0 unspecified atom stereocenters. The predicted octanol–water partition coefficient (Wildman–Crippen LogP) is 4.41. The van der Waals surface area contributed by atoms with Gasteiger partial charge in [-0.3, -0.25) is 14.5 Å². The number of carbonyl (C=O) groups excluding carboxylic acids is 2. The van der Waals surface area contributed by atoms with Crippen LogP contribution in [0.5, 0.6) is 17.2 Å². The Labute approximate surface area is 256 Å². The van der Waals surface area contributed by atoms with E-state index in [1.165, 1.54) is 4.90 Å². The van der Waals surface area contributed by atoms with Gasteiger partial charge in [-0.2, -0.15) is 4.98 Å². The Morgan fingerprint density at radius 3 is 2.82 bits per heavy atom. The number of pyridine rings is 1. The van der Waals surface area contributed by atoms with Gasteiger partial charge in [0.05, 0.1) is 38.4 Å². The number of nitrogens with one attached hydrogen (secondary N) is 1. The molecule has 2 aliphatic rings. The van der Waals surface area contributed by atoms with Gasteiger partial charge in [0.1, 0.15) is 17.2 Å². The number of oxazole rings is 1. The summed E-state index contributed by atoms with van der Waals surface area (Å²) in [7, 11) is 1.61. The Balaban J connectivity index is 1.24. The van der Waals surface area contributed by atoms with Crippen LogP contribution in [0.1, 0.15) is 42.1 Å². The van der Waals surface area contributed by atoms with Gasteiger partial charge in [-0.1, -0.05) is 26.0 Å². The van der Waals surface area contributed by atoms with Crippen molar-refractivity contribution >= 4 is 23.0 Å². The molecule has 0 spiro atoms. The van der Waals surface area contributed by atoms with Crippen molar-refractivity contribution in [2.45, 2.75) is 45.6 Å². The van der Waals surface area contributed by atoms with Crippen LogP contribution in [0, 0.1) is 5.92 Å². The van der Waals surface area contributed by atoms with Gasteiger partial charge in [-0.25, -0.2) is 4.98 Å². The van der Waals surface area contributed by atoms with Gasteiger partial charge in [0, 0.05) is 38.0 Å². The van der Waals surface area contributed by atoms with Crippen LogP contribution in [0.2, 0.25) is 0 Å². The minimum Gasteiger partial charge on any atom is -0.493 e. The van der Waals surface area contributed by atoms with Crippen LogP contribution in [0.4, 0.5) is 0 Å². The molecule has 4 heterocycles. The number of aromatic nitrogens is 2. The molecule has 2 aromatic heterocycles. The number of nitrogens with zero attached hydrogens (tertiary/aromatic N) is 4. The average molecular weight is 600 g/mol. The largest absolute Gasteiger partial charge is 0.493 e. The van der Waals surface area contributed by atoms with Gasteiger partial charge in [0.2, 0.25) is 11.8 Å². The third-order valence-corrected chi connectivity index (χ3v) is 7.59. The third kappa shape index (κ3) is 7.17. The minimum absolute atomic E-state index is 0.103. The topological polar surface area (TPSA) is 119 Å². The molecule has 2 amide bonds. The van der Waals surface area contributed by atoms with Gasteiger partial charge < -0.3 is 28.8 Å². The molecule has 44 heavy (non-hydrogen) atoms. The normalized spacial score (nSPS) is 19.9. The number of likely N-dealkylation sites (N-methyl/N-ethyl adjacent to an activating group) is 1. The highest BCUT2D eigenvalue weighted by Crippen LogP contribution is 2.30. The van der Waals surface area contributed by atoms with E-state index in [4.69, 9.17) is 18.6 Å². The first-order valence-corrected chi connectivity index (χ1v) is 14.9. The molecule has 4 aromatic rings. The fourth-order valence-electron chi connectivity index (χ4n) is 5.43. The Bertz CT molecular complexity index is 1600. The zero-order chi connectivity index (χ0) is 30.6. The molecule has 1 N–H and O–H groups in total. The molecular formula is C33H37N5O6. The molecule has 6 rings (SSSR count). The highest BCUT2D eigenvalue weighted by molar-refractivity contribution is 5.97. The van der Waals surface area contributed by atoms with Crippen molar-refractivity contribution < 1.29 is 28.2 Å². The number of amides is 2. The second-order valence-corrected chi connectivity index (χ2v) is 11.8. The number of fused-ring (bicyclic) bond motifs is 6. The Hall–Kier alpha value is -4.48. The Morgan fingerprint density at radius 1 is 1.09 bits per heavy atom. The van der Waals surface area contributed by atoms with Crippen LogP contribution in [-0.4, -0.2) is 77.0 Å². The van der Waals surface area contributed by atoms with E-state index < -0.39 is 0 Å². The van der Waals surface area contributed by atoms with Gasteiger partial charge in [0.15, 0.2) is 11.2 Å². The predicted molar refractivity (Wildman–Crippen MR) is 162 cm³/mol. The molecule has 0 radical (unpaired) electrons. The van der Waals surface area contributed by atoms with E-state index in [1.807, 2.05) is 36.4 Å². The molecule has 11 heteroatoms. The first-order valence-electron chi connectivity index (χ1n) is 14.9. The molecule has 1 fully saturated rings. The van der Waals surface area contributed by atoms with E-state index in [2.05, 4.69) is 34.0 Å². The van der Waals surface area contributed by atoms with E-state index in [9.17, 15) is 9.59 Å². The Kier molecular flexibility index (Phi) is 8.76. The number of carbonyl (C=O) groups is 2. The highest BCUT2D eigenvalue weighted by Gasteiger charge is 2.32. The molecule has 2 aromatic carbocycles. The summed E-state index contributed by atoms with van der Waals surface area (Å²) in [6, 6.07) is 16.2. The minimum atomic E-state index is -0.309. The molecule has 1 saturated heterocycles. The molecule has 230 valence electrons. The van der Waals surface area contributed by atoms with Crippen molar-refractivity contribution in [1.82, 2.24) is 25.1 Å². The summed E-state index contributed by atoms with van der Waals surface area (Å²) in [6.07, 6.45) is 2.05. The summed E-state index contributed by atoms with van der Waals surface area (Å²) in [5.41, 5.74) is 2.53. The van der Waals surface area contributed by atoms with Crippen LogP contribution in [0.15, 0.2) is 65.2 Å². The average Bonchev–Trinajstić information content (AvgIpc) is 3.41. The maximum absolute atomic E-state index is 13.5. The van der Waals surface area contributed by atoms with Crippen molar-refractivity contribution in [1.29, 1.82) is 0 Å².